The summed E-state index contributed by atoms with van der Waals surface area (Å²) in [7, 11) is 1.58. The molecule has 20 heavy (non-hydrogen) atoms. The molecule has 0 aliphatic carbocycles. The average molecular weight is 290 g/mol. The second kappa shape index (κ2) is 6.96. The largest absolute Gasteiger partial charge is 0.497 e. The van der Waals surface area contributed by atoms with Gasteiger partial charge in [-0.2, -0.15) is 0 Å². The van der Waals surface area contributed by atoms with Crippen LogP contribution < -0.4 is 10.1 Å². The number of hydrogen-bond acceptors (Lipinski definition) is 2. The Labute approximate surface area is 123 Å². The van der Waals surface area contributed by atoms with Crippen LogP contribution in [0.4, 0.5) is 0 Å². The zero-order valence-electron chi connectivity index (χ0n) is 11.2. The minimum Gasteiger partial charge on any atom is -0.497 e. The van der Waals surface area contributed by atoms with Gasteiger partial charge in [-0.15, -0.1) is 0 Å². The van der Waals surface area contributed by atoms with Crippen LogP contribution in [-0.2, 0) is 17.8 Å². The van der Waals surface area contributed by atoms with Crippen LogP contribution in [0.2, 0.25) is 5.02 Å². The highest BCUT2D eigenvalue weighted by atomic mass is 35.5. The lowest BCUT2D eigenvalue weighted by atomic mass is 10.1. The third kappa shape index (κ3) is 4.00. The molecule has 0 fully saturated rings. The number of methoxy groups -OCH3 is 1. The first-order valence-corrected chi connectivity index (χ1v) is 6.70. The van der Waals surface area contributed by atoms with Crippen LogP contribution in [0.5, 0.6) is 5.75 Å². The van der Waals surface area contributed by atoms with Crippen molar-refractivity contribution < 1.29 is 9.53 Å². The van der Waals surface area contributed by atoms with Crippen molar-refractivity contribution in [3.8, 4) is 5.75 Å². The second-order valence-corrected chi connectivity index (χ2v) is 4.80. The molecule has 2 rings (SSSR count). The molecule has 0 atom stereocenters. The highest BCUT2D eigenvalue weighted by Crippen LogP contribution is 2.22. The van der Waals surface area contributed by atoms with Crippen LogP contribution in [0.1, 0.15) is 11.1 Å². The van der Waals surface area contributed by atoms with E-state index in [1.165, 1.54) is 0 Å². The van der Waals surface area contributed by atoms with Gasteiger partial charge in [0, 0.05) is 11.6 Å². The van der Waals surface area contributed by atoms with Gasteiger partial charge in [0.25, 0.3) is 0 Å². The van der Waals surface area contributed by atoms with Gasteiger partial charge in [-0.25, -0.2) is 0 Å². The van der Waals surface area contributed by atoms with E-state index < -0.39 is 0 Å². The van der Waals surface area contributed by atoms with Crippen LogP contribution >= 0.6 is 11.6 Å². The third-order valence-corrected chi connectivity index (χ3v) is 3.30. The molecule has 1 amide bonds. The van der Waals surface area contributed by atoms with E-state index in [0.29, 0.717) is 17.3 Å². The Kier molecular flexibility index (Phi) is 5.02. The van der Waals surface area contributed by atoms with Gasteiger partial charge in [0.2, 0.25) is 5.91 Å². The predicted octanol–water partition coefficient (Wildman–Crippen LogP) is 3.21. The van der Waals surface area contributed by atoms with Gasteiger partial charge >= 0.3 is 0 Å². The van der Waals surface area contributed by atoms with Gasteiger partial charge in [0.1, 0.15) is 5.75 Å². The van der Waals surface area contributed by atoms with E-state index in [1.54, 1.807) is 19.2 Å². The number of carbonyl (C=O) groups is 1. The minimum atomic E-state index is -0.0547. The molecule has 0 spiro atoms. The van der Waals surface area contributed by atoms with Crippen molar-refractivity contribution in [1.82, 2.24) is 5.32 Å². The summed E-state index contributed by atoms with van der Waals surface area (Å²) in [4.78, 5) is 11.9. The fourth-order valence-electron chi connectivity index (χ4n) is 1.83. The summed E-state index contributed by atoms with van der Waals surface area (Å²) in [5.74, 6) is 0.629. The van der Waals surface area contributed by atoms with Crippen molar-refractivity contribution in [1.29, 1.82) is 0 Å². The fraction of sp³-hybridized carbons (Fsp3) is 0.188. The van der Waals surface area contributed by atoms with Crippen molar-refractivity contribution in [2.75, 3.05) is 7.11 Å². The first-order valence-electron chi connectivity index (χ1n) is 6.32. The van der Waals surface area contributed by atoms with E-state index in [0.717, 1.165) is 11.1 Å². The molecule has 2 aromatic rings. The standard InChI is InChI=1S/C16H16ClNO2/c1-20-14-8-7-13(15(17)10-14)9-16(19)18-11-12-5-3-2-4-6-12/h2-8,10H,9,11H2,1H3,(H,18,19). The topological polar surface area (TPSA) is 38.3 Å². The minimum absolute atomic E-state index is 0.0547. The fourth-order valence-corrected chi connectivity index (χ4v) is 2.07. The highest BCUT2D eigenvalue weighted by Gasteiger charge is 2.08. The molecule has 0 aliphatic heterocycles. The summed E-state index contributed by atoms with van der Waals surface area (Å²) in [6, 6.07) is 15.1. The summed E-state index contributed by atoms with van der Waals surface area (Å²) in [5, 5.41) is 3.42. The Morgan fingerprint density at radius 3 is 2.60 bits per heavy atom. The molecule has 0 bridgehead atoms. The molecule has 0 aliphatic rings. The summed E-state index contributed by atoms with van der Waals surface area (Å²) < 4.78 is 5.08. The molecule has 1 N–H and O–H groups in total. The molecular formula is C16H16ClNO2. The normalized spacial score (nSPS) is 10.1. The molecule has 0 aromatic heterocycles. The van der Waals surface area contributed by atoms with Crippen molar-refractivity contribution >= 4 is 17.5 Å². The van der Waals surface area contributed by atoms with Crippen molar-refractivity contribution in [3.05, 3.63) is 64.7 Å². The molecule has 4 heteroatoms. The third-order valence-electron chi connectivity index (χ3n) is 2.94. The lowest BCUT2D eigenvalue weighted by molar-refractivity contribution is -0.120. The van der Waals surface area contributed by atoms with Gasteiger partial charge in [-0.1, -0.05) is 48.0 Å². The number of amides is 1. The molecule has 2 aromatic carbocycles. The van der Waals surface area contributed by atoms with E-state index in [-0.39, 0.29) is 12.3 Å². The van der Waals surface area contributed by atoms with Gasteiger partial charge < -0.3 is 10.1 Å². The van der Waals surface area contributed by atoms with Crippen molar-refractivity contribution in [3.63, 3.8) is 0 Å². The second-order valence-electron chi connectivity index (χ2n) is 4.40. The molecular weight excluding hydrogens is 274 g/mol. The van der Waals surface area contributed by atoms with Crippen LogP contribution in [0.3, 0.4) is 0 Å². The maximum atomic E-state index is 11.9. The van der Waals surface area contributed by atoms with Gasteiger partial charge in [-0.3, -0.25) is 4.79 Å². The molecule has 0 heterocycles. The van der Waals surface area contributed by atoms with Crippen LogP contribution in [0.25, 0.3) is 0 Å². The van der Waals surface area contributed by atoms with E-state index in [2.05, 4.69) is 5.32 Å². The Balaban J connectivity index is 1.91. The van der Waals surface area contributed by atoms with Gasteiger partial charge in [0.15, 0.2) is 0 Å². The SMILES string of the molecule is COc1ccc(CC(=O)NCc2ccccc2)c(Cl)c1. The van der Waals surface area contributed by atoms with Crippen LogP contribution in [-0.4, -0.2) is 13.0 Å². The summed E-state index contributed by atoms with van der Waals surface area (Å²) >= 11 is 6.11. The molecule has 0 saturated heterocycles. The van der Waals surface area contributed by atoms with Gasteiger partial charge in [0.05, 0.1) is 13.5 Å². The maximum absolute atomic E-state index is 11.9. The zero-order valence-corrected chi connectivity index (χ0v) is 12.0. The van der Waals surface area contributed by atoms with E-state index in [4.69, 9.17) is 16.3 Å². The predicted molar refractivity (Wildman–Crippen MR) is 80.0 cm³/mol. The number of nitrogens with one attached hydrogen (secondary N) is 1. The smallest absolute Gasteiger partial charge is 0.224 e. The van der Waals surface area contributed by atoms with E-state index >= 15 is 0 Å². The molecule has 104 valence electrons. The molecule has 0 radical (unpaired) electrons. The summed E-state index contributed by atoms with van der Waals surface area (Å²) in [5.41, 5.74) is 1.86. The number of hydrogen-bond donors (Lipinski definition) is 1. The Morgan fingerprint density at radius 1 is 1.20 bits per heavy atom. The Bertz CT molecular complexity index is 584. The number of ether oxygens (including phenoxy) is 1. The van der Waals surface area contributed by atoms with Crippen molar-refractivity contribution in [2.45, 2.75) is 13.0 Å². The molecule has 3 nitrogen and oxygen atoms in total. The summed E-state index contributed by atoms with van der Waals surface area (Å²) in [6.45, 7) is 0.521. The van der Waals surface area contributed by atoms with E-state index in [9.17, 15) is 4.79 Å². The first-order chi connectivity index (χ1) is 9.69. The number of halogens is 1. The number of benzene rings is 2. The lowest BCUT2D eigenvalue weighted by Gasteiger charge is -2.08. The number of carbonyl (C=O) groups excluding carboxylic acids is 1. The molecule has 0 unspecified atom stereocenters. The quantitative estimate of drug-likeness (QED) is 0.918. The van der Waals surface area contributed by atoms with Crippen LogP contribution in [0.15, 0.2) is 48.5 Å². The van der Waals surface area contributed by atoms with E-state index in [1.807, 2.05) is 36.4 Å². The first kappa shape index (κ1) is 14.4. The highest BCUT2D eigenvalue weighted by molar-refractivity contribution is 6.31. The zero-order chi connectivity index (χ0) is 14.4. The molecule has 0 saturated carbocycles. The maximum Gasteiger partial charge on any atom is 0.224 e. The van der Waals surface area contributed by atoms with Crippen LogP contribution in [0, 0.1) is 0 Å². The lowest BCUT2D eigenvalue weighted by Crippen LogP contribution is -2.24. The summed E-state index contributed by atoms with van der Waals surface area (Å²) in [6.07, 6.45) is 0.260. The number of rotatable bonds is 5. The average Bonchev–Trinajstić information content (AvgIpc) is 2.48. The Morgan fingerprint density at radius 2 is 1.95 bits per heavy atom. The monoisotopic (exact) mass is 289 g/mol. The Hall–Kier alpha value is -2.00. The van der Waals surface area contributed by atoms with Crippen molar-refractivity contribution in [2.24, 2.45) is 0 Å². The van der Waals surface area contributed by atoms with Gasteiger partial charge in [-0.05, 0) is 23.3 Å².